The van der Waals surface area contributed by atoms with Gasteiger partial charge in [-0.15, -0.1) is 41.0 Å². The van der Waals surface area contributed by atoms with E-state index in [1.54, 1.807) is 13.8 Å². The van der Waals surface area contributed by atoms with E-state index in [4.69, 9.17) is 10.2 Å². The molecule has 26 heavy (non-hydrogen) atoms. The molecule has 5 nitrogen and oxygen atoms in total. The average Bonchev–Trinajstić information content (AvgIpc) is 2.97. The van der Waals surface area contributed by atoms with E-state index in [0.717, 1.165) is 22.9 Å². The van der Waals surface area contributed by atoms with Gasteiger partial charge in [0.1, 0.15) is 5.82 Å². The van der Waals surface area contributed by atoms with Gasteiger partial charge in [0, 0.05) is 25.8 Å². The van der Waals surface area contributed by atoms with Crippen molar-refractivity contribution < 1.29 is 30.3 Å². The van der Waals surface area contributed by atoms with E-state index in [1.807, 2.05) is 66.1 Å². The molecule has 2 N–H and O–H groups in total. The fourth-order valence-corrected chi connectivity index (χ4v) is 2.45. The van der Waals surface area contributed by atoms with Crippen LogP contribution in [0.5, 0.6) is 0 Å². The predicted molar refractivity (Wildman–Crippen MR) is 98.3 cm³/mol. The Morgan fingerprint density at radius 1 is 0.962 bits per heavy atom. The van der Waals surface area contributed by atoms with Crippen LogP contribution in [-0.2, 0) is 20.1 Å². The Morgan fingerprint density at radius 3 is 2.08 bits per heavy atom. The number of para-hydroxylation sites is 1. The smallest absolute Gasteiger partial charge is 0.125 e. The predicted octanol–water partition coefficient (Wildman–Crippen LogP) is 3.18. The van der Waals surface area contributed by atoms with E-state index in [0.29, 0.717) is 6.42 Å². The average molecular weight is 531 g/mol. The van der Waals surface area contributed by atoms with Gasteiger partial charge in [0.2, 0.25) is 0 Å². The van der Waals surface area contributed by atoms with Gasteiger partial charge in [-0.05, 0) is 39.3 Å². The molecular formula is C20H24IrN3O2-. The van der Waals surface area contributed by atoms with Gasteiger partial charge >= 0.3 is 0 Å². The van der Waals surface area contributed by atoms with Crippen LogP contribution in [0.4, 0.5) is 0 Å². The minimum Gasteiger partial charge on any atom is -0.393 e. The SMILES string of the molecule is CC(O)CC(C)O.Cc1nnc(-c2[c-]cccc2)n1-c1ccccc1.[Ir]. The number of aliphatic hydroxyl groups excluding tert-OH is 2. The number of nitrogens with zero attached hydrogens (tertiary/aromatic N) is 3. The third-order valence-electron chi connectivity index (χ3n) is 3.47. The molecule has 3 rings (SSSR count). The summed E-state index contributed by atoms with van der Waals surface area (Å²) in [5, 5.41) is 25.5. The Hall–Kier alpha value is -1.85. The van der Waals surface area contributed by atoms with Crippen molar-refractivity contribution in [2.24, 2.45) is 0 Å². The van der Waals surface area contributed by atoms with Crippen molar-refractivity contribution in [3.63, 3.8) is 0 Å². The zero-order valence-electron chi connectivity index (χ0n) is 15.1. The third-order valence-corrected chi connectivity index (χ3v) is 3.47. The van der Waals surface area contributed by atoms with E-state index < -0.39 is 0 Å². The second kappa shape index (κ2) is 11.0. The molecule has 0 amide bonds. The zero-order chi connectivity index (χ0) is 18.2. The van der Waals surface area contributed by atoms with Crippen LogP contribution in [0, 0.1) is 13.0 Å². The fraction of sp³-hybridized carbons (Fsp3) is 0.300. The van der Waals surface area contributed by atoms with Gasteiger partial charge in [0.05, 0.1) is 18.0 Å². The molecule has 0 fully saturated rings. The van der Waals surface area contributed by atoms with Crippen LogP contribution in [0.2, 0.25) is 0 Å². The zero-order valence-corrected chi connectivity index (χ0v) is 17.5. The van der Waals surface area contributed by atoms with Crippen LogP contribution >= 0.6 is 0 Å². The van der Waals surface area contributed by atoms with E-state index >= 15 is 0 Å². The van der Waals surface area contributed by atoms with Gasteiger partial charge in [0.15, 0.2) is 0 Å². The summed E-state index contributed by atoms with van der Waals surface area (Å²) in [6.45, 7) is 5.27. The molecule has 1 radical (unpaired) electrons. The number of benzene rings is 2. The summed E-state index contributed by atoms with van der Waals surface area (Å²) >= 11 is 0. The maximum Gasteiger partial charge on any atom is 0.125 e. The standard InChI is InChI=1S/C15H12N3.C5H12O2.Ir/c1-12-16-17-15(13-8-4-2-5-9-13)18(12)14-10-6-3-7-11-14;1-4(6)3-5(2)7;/h2-8,10-11H,1H3;4-7H,3H2,1-2H3;/q-1;;. The number of aryl methyl sites for hydroxylation is 1. The number of aliphatic hydroxyl groups is 2. The van der Waals surface area contributed by atoms with Gasteiger partial charge in [-0.2, -0.15) is 5.10 Å². The summed E-state index contributed by atoms with van der Waals surface area (Å²) in [5.41, 5.74) is 2.01. The molecule has 3 aromatic rings. The molecule has 6 heteroatoms. The summed E-state index contributed by atoms with van der Waals surface area (Å²) in [4.78, 5) is 0. The van der Waals surface area contributed by atoms with Crippen molar-refractivity contribution in [3.8, 4) is 17.1 Å². The van der Waals surface area contributed by atoms with Crippen molar-refractivity contribution in [1.29, 1.82) is 0 Å². The second-order valence-electron chi connectivity index (χ2n) is 5.95. The third kappa shape index (κ3) is 6.46. The molecule has 0 saturated heterocycles. The van der Waals surface area contributed by atoms with Gasteiger partial charge in [-0.1, -0.05) is 18.2 Å². The molecule has 2 aromatic carbocycles. The van der Waals surface area contributed by atoms with Crippen LogP contribution in [0.1, 0.15) is 26.1 Å². The Kier molecular flexibility index (Phi) is 9.38. The topological polar surface area (TPSA) is 71.2 Å². The minimum atomic E-state index is -0.375. The summed E-state index contributed by atoms with van der Waals surface area (Å²) in [6, 6.07) is 21.1. The first-order valence-corrected chi connectivity index (χ1v) is 8.29. The van der Waals surface area contributed by atoms with Crippen molar-refractivity contribution in [2.45, 2.75) is 39.4 Å². The number of aromatic nitrogens is 3. The number of hydrogen-bond donors (Lipinski definition) is 2. The molecule has 0 aliphatic carbocycles. The fourth-order valence-electron chi connectivity index (χ4n) is 2.45. The number of hydrogen-bond acceptors (Lipinski definition) is 4. The molecule has 0 spiro atoms. The molecule has 0 aliphatic rings. The monoisotopic (exact) mass is 531 g/mol. The Labute approximate surface area is 168 Å². The largest absolute Gasteiger partial charge is 0.393 e. The number of rotatable bonds is 4. The molecule has 0 bridgehead atoms. The van der Waals surface area contributed by atoms with Crippen LogP contribution in [0.15, 0.2) is 54.6 Å². The first-order valence-electron chi connectivity index (χ1n) is 8.29. The molecule has 2 unspecified atom stereocenters. The van der Waals surface area contributed by atoms with Crippen LogP contribution in [0.25, 0.3) is 17.1 Å². The van der Waals surface area contributed by atoms with Crippen LogP contribution < -0.4 is 0 Å². The van der Waals surface area contributed by atoms with Gasteiger partial charge in [-0.25, -0.2) is 0 Å². The molecule has 2 atom stereocenters. The molecule has 1 heterocycles. The molecule has 1 aromatic heterocycles. The Bertz CT molecular complexity index is 753. The van der Waals surface area contributed by atoms with Crippen molar-refractivity contribution in [3.05, 3.63) is 66.5 Å². The van der Waals surface area contributed by atoms with Gasteiger partial charge in [-0.3, -0.25) is 0 Å². The van der Waals surface area contributed by atoms with E-state index in [2.05, 4.69) is 16.3 Å². The second-order valence-corrected chi connectivity index (χ2v) is 5.95. The quantitative estimate of drug-likeness (QED) is 0.509. The summed E-state index contributed by atoms with van der Waals surface area (Å²) in [5.74, 6) is 1.69. The maximum atomic E-state index is 8.56. The van der Waals surface area contributed by atoms with Crippen LogP contribution in [-0.4, -0.2) is 37.2 Å². The van der Waals surface area contributed by atoms with Crippen molar-refractivity contribution >= 4 is 0 Å². The Balaban J connectivity index is 0.000000366. The maximum absolute atomic E-state index is 8.56. The molecule has 0 aliphatic heterocycles. The van der Waals surface area contributed by atoms with Gasteiger partial charge < -0.3 is 14.8 Å². The van der Waals surface area contributed by atoms with Crippen molar-refractivity contribution in [1.82, 2.24) is 14.8 Å². The molecule has 141 valence electrons. The first-order chi connectivity index (χ1) is 12.0. The molecule has 0 saturated carbocycles. The van der Waals surface area contributed by atoms with E-state index in [1.165, 1.54) is 0 Å². The van der Waals surface area contributed by atoms with E-state index in [-0.39, 0.29) is 32.3 Å². The summed E-state index contributed by atoms with van der Waals surface area (Å²) in [7, 11) is 0. The van der Waals surface area contributed by atoms with Crippen LogP contribution in [0.3, 0.4) is 0 Å². The first kappa shape index (κ1) is 22.2. The molecular weight excluding hydrogens is 506 g/mol. The summed E-state index contributed by atoms with van der Waals surface area (Å²) < 4.78 is 2.03. The normalized spacial score (nSPS) is 12.3. The van der Waals surface area contributed by atoms with Gasteiger partial charge in [0.25, 0.3) is 0 Å². The van der Waals surface area contributed by atoms with Crippen molar-refractivity contribution in [2.75, 3.05) is 0 Å². The van der Waals surface area contributed by atoms with E-state index in [9.17, 15) is 0 Å². The minimum absolute atomic E-state index is 0. The Morgan fingerprint density at radius 2 is 1.58 bits per heavy atom. The summed E-state index contributed by atoms with van der Waals surface area (Å²) in [6.07, 6.45) is -0.278.